The lowest BCUT2D eigenvalue weighted by Gasteiger charge is -2.17. The third-order valence-electron chi connectivity index (χ3n) is 4.40. The maximum absolute atomic E-state index is 12.1. The topological polar surface area (TPSA) is 56.7 Å². The van der Waals surface area contributed by atoms with E-state index in [9.17, 15) is 4.79 Å². The summed E-state index contributed by atoms with van der Waals surface area (Å²) in [5.74, 6) is 1.21. The van der Waals surface area contributed by atoms with Crippen molar-refractivity contribution in [3.63, 3.8) is 0 Å². The number of benzene rings is 1. The average Bonchev–Trinajstić information content (AvgIpc) is 3.12. The van der Waals surface area contributed by atoms with Crippen LogP contribution in [0.4, 0.5) is 0 Å². The molecule has 0 radical (unpaired) electrons. The molecule has 0 saturated carbocycles. The molecule has 1 unspecified atom stereocenters. The zero-order valence-corrected chi connectivity index (χ0v) is 17.9. The number of hydrogen-bond acceptors (Lipinski definition) is 2. The third kappa shape index (κ3) is 7.22. The molecule has 1 atom stereocenters. The zero-order valence-electron chi connectivity index (χ0n) is 15.5. The van der Waals surface area contributed by atoms with Gasteiger partial charge in [-0.2, -0.15) is 0 Å². The van der Waals surface area contributed by atoms with E-state index in [2.05, 4.69) is 53.7 Å². The van der Waals surface area contributed by atoms with Crippen LogP contribution >= 0.6 is 24.0 Å². The van der Waals surface area contributed by atoms with Gasteiger partial charge in [-0.3, -0.25) is 4.79 Å². The molecule has 25 heavy (non-hydrogen) atoms. The molecule has 5 nitrogen and oxygen atoms in total. The van der Waals surface area contributed by atoms with Crippen LogP contribution in [0.3, 0.4) is 0 Å². The Morgan fingerprint density at radius 1 is 1.20 bits per heavy atom. The lowest BCUT2D eigenvalue weighted by molar-refractivity contribution is -0.128. The number of hydrogen-bond donors (Lipinski definition) is 2. The number of carbonyl (C=O) groups is 1. The highest BCUT2D eigenvalue weighted by Gasteiger charge is 2.17. The quantitative estimate of drug-likeness (QED) is 0.392. The van der Waals surface area contributed by atoms with E-state index in [0.717, 1.165) is 39.0 Å². The van der Waals surface area contributed by atoms with E-state index in [1.54, 1.807) is 0 Å². The molecule has 0 aromatic heterocycles. The smallest absolute Gasteiger partial charge is 0.244 e. The predicted octanol–water partition coefficient (Wildman–Crippen LogP) is 2.89. The third-order valence-corrected chi connectivity index (χ3v) is 4.40. The van der Waals surface area contributed by atoms with Gasteiger partial charge >= 0.3 is 0 Å². The number of aryl methyl sites for hydroxylation is 1. The standard InChI is InChI=1S/C19H30N4O.HI/c1-4-20-19(22-14-18(24)23-11-5-6-12-23)21-13-16(3)17-9-7-15(2)8-10-17;/h7-10,16H,4-6,11-14H2,1-3H3,(H2,20,21,22);1H. The molecule has 6 heteroatoms. The number of nitrogens with zero attached hydrogens (tertiary/aromatic N) is 2. The summed E-state index contributed by atoms with van der Waals surface area (Å²) in [5, 5.41) is 6.56. The second-order valence-electron chi connectivity index (χ2n) is 6.48. The fourth-order valence-electron chi connectivity index (χ4n) is 2.82. The molecular weight excluding hydrogens is 427 g/mol. The lowest BCUT2D eigenvalue weighted by atomic mass is 10.0. The molecular formula is C19H31IN4O. The van der Waals surface area contributed by atoms with E-state index in [-0.39, 0.29) is 36.4 Å². The summed E-state index contributed by atoms with van der Waals surface area (Å²) >= 11 is 0. The van der Waals surface area contributed by atoms with E-state index < -0.39 is 0 Å². The van der Waals surface area contributed by atoms with Crippen LogP contribution in [-0.4, -0.2) is 49.5 Å². The molecule has 1 fully saturated rings. The summed E-state index contributed by atoms with van der Waals surface area (Å²) in [6.45, 7) is 9.86. The number of halogens is 1. The van der Waals surface area contributed by atoms with Crippen LogP contribution in [0.25, 0.3) is 0 Å². The second-order valence-corrected chi connectivity index (χ2v) is 6.48. The largest absolute Gasteiger partial charge is 0.357 e. The summed E-state index contributed by atoms with van der Waals surface area (Å²) in [7, 11) is 0. The van der Waals surface area contributed by atoms with E-state index in [4.69, 9.17) is 0 Å². The van der Waals surface area contributed by atoms with Gasteiger partial charge in [0, 0.05) is 26.2 Å². The summed E-state index contributed by atoms with van der Waals surface area (Å²) < 4.78 is 0. The molecule has 1 aromatic carbocycles. The first-order valence-electron chi connectivity index (χ1n) is 8.96. The van der Waals surface area contributed by atoms with Gasteiger partial charge in [-0.15, -0.1) is 24.0 Å². The molecule has 0 bridgehead atoms. The number of guanidine groups is 1. The van der Waals surface area contributed by atoms with Gasteiger partial charge in [-0.05, 0) is 38.2 Å². The Morgan fingerprint density at radius 2 is 1.84 bits per heavy atom. The molecule has 140 valence electrons. The van der Waals surface area contributed by atoms with Crippen LogP contribution in [0.15, 0.2) is 29.3 Å². The summed E-state index contributed by atoms with van der Waals surface area (Å²) in [6.07, 6.45) is 2.23. The maximum Gasteiger partial charge on any atom is 0.244 e. The van der Waals surface area contributed by atoms with Gasteiger partial charge in [0.05, 0.1) is 0 Å². The molecule has 1 aliphatic rings. The molecule has 2 rings (SSSR count). The zero-order chi connectivity index (χ0) is 17.4. The molecule has 1 saturated heterocycles. The molecule has 0 spiro atoms. The minimum absolute atomic E-state index is 0. The van der Waals surface area contributed by atoms with Crippen molar-refractivity contribution in [2.24, 2.45) is 4.99 Å². The Bertz CT molecular complexity index is 553. The van der Waals surface area contributed by atoms with Crippen LogP contribution in [0.2, 0.25) is 0 Å². The first-order valence-corrected chi connectivity index (χ1v) is 8.96. The van der Waals surface area contributed by atoms with Crippen LogP contribution in [0.1, 0.15) is 43.7 Å². The number of nitrogens with one attached hydrogen (secondary N) is 2. The van der Waals surface area contributed by atoms with Gasteiger partial charge in [0.1, 0.15) is 6.54 Å². The maximum atomic E-state index is 12.1. The highest BCUT2D eigenvalue weighted by atomic mass is 127. The van der Waals surface area contributed by atoms with Crippen molar-refractivity contribution in [2.75, 3.05) is 32.7 Å². The first kappa shape index (κ1) is 21.7. The second kappa shape index (κ2) is 11.3. The summed E-state index contributed by atoms with van der Waals surface area (Å²) in [4.78, 5) is 18.5. The normalized spacial score (nSPS) is 15.5. The van der Waals surface area contributed by atoms with E-state index in [1.165, 1.54) is 11.1 Å². The highest BCUT2D eigenvalue weighted by molar-refractivity contribution is 14.0. The molecule has 2 N–H and O–H groups in total. The van der Waals surface area contributed by atoms with Crippen molar-refractivity contribution in [1.82, 2.24) is 15.5 Å². The fourth-order valence-corrected chi connectivity index (χ4v) is 2.82. The number of rotatable bonds is 6. The Morgan fingerprint density at radius 3 is 2.44 bits per heavy atom. The van der Waals surface area contributed by atoms with E-state index in [1.807, 2.05) is 11.8 Å². The predicted molar refractivity (Wildman–Crippen MR) is 115 cm³/mol. The van der Waals surface area contributed by atoms with Crippen molar-refractivity contribution >= 4 is 35.8 Å². The average molecular weight is 458 g/mol. The minimum Gasteiger partial charge on any atom is -0.357 e. The molecule has 0 aliphatic carbocycles. The van der Waals surface area contributed by atoms with Crippen LogP contribution < -0.4 is 10.6 Å². The van der Waals surface area contributed by atoms with Gasteiger partial charge < -0.3 is 15.5 Å². The van der Waals surface area contributed by atoms with Crippen molar-refractivity contribution in [1.29, 1.82) is 0 Å². The van der Waals surface area contributed by atoms with Gasteiger partial charge in [0.2, 0.25) is 5.91 Å². The molecule has 1 aromatic rings. The fraction of sp³-hybridized carbons (Fsp3) is 0.579. The number of carbonyl (C=O) groups excluding carboxylic acids is 1. The Hall–Kier alpha value is -1.31. The molecule has 1 heterocycles. The lowest BCUT2D eigenvalue weighted by Crippen LogP contribution is -2.40. The Kier molecular flexibility index (Phi) is 9.85. The van der Waals surface area contributed by atoms with E-state index >= 15 is 0 Å². The van der Waals surface area contributed by atoms with Gasteiger partial charge in [-0.1, -0.05) is 36.8 Å². The first-order chi connectivity index (χ1) is 11.6. The van der Waals surface area contributed by atoms with Crippen LogP contribution in [0, 0.1) is 6.92 Å². The van der Waals surface area contributed by atoms with Gasteiger partial charge in [0.25, 0.3) is 0 Å². The summed E-state index contributed by atoms with van der Waals surface area (Å²) in [5.41, 5.74) is 2.58. The number of aliphatic imine (C=N–C) groups is 1. The Labute approximate surface area is 168 Å². The number of likely N-dealkylation sites (tertiary alicyclic amines) is 1. The van der Waals surface area contributed by atoms with Crippen LogP contribution in [0.5, 0.6) is 0 Å². The van der Waals surface area contributed by atoms with Crippen LogP contribution in [-0.2, 0) is 4.79 Å². The molecule has 1 aliphatic heterocycles. The highest BCUT2D eigenvalue weighted by Crippen LogP contribution is 2.14. The van der Waals surface area contributed by atoms with Gasteiger partial charge in [0.15, 0.2) is 5.96 Å². The number of amides is 1. The van der Waals surface area contributed by atoms with Crippen molar-refractivity contribution in [3.05, 3.63) is 35.4 Å². The SMILES string of the molecule is CCNC(=NCC(=O)N1CCCC1)NCC(C)c1ccc(C)cc1.I. The van der Waals surface area contributed by atoms with Gasteiger partial charge in [-0.25, -0.2) is 4.99 Å². The van der Waals surface area contributed by atoms with E-state index in [0.29, 0.717) is 11.9 Å². The van der Waals surface area contributed by atoms with Crippen molar-refractivity contribution in [3.8, 4) is 0 Å². The Balaban J connectivity index is 0.00000312. The van der Waals surface area contributed by atoms with Crippen molar-refractivity contribution < 1.29 is 4.79 Å². The monoisotopic (exact) mass is 458 g/mol. The summed E-state index contributed by atoms with van der Waals surface area (Å²) in [6, 6.07) is 8.62. The minimum atomic E-state index is 0. The molecule has 1 amide bonds. The van der Waals surface area contributed by atoms with Crippen molar-refractivity contribution in [2.45, 2.75) is 39.5 Å².